The summed E-state index contributed by atoms with van der Waals surface area (Å²) in [5.41, 5.74) is 0. The van der Waals surface area contributed by atoms with Gasteiger partial charge in [-0.2, -0.15) is 0 Å². The molecular formula is C3H9NNa2O5P2. The van der Waals surface area contributed by atoms with Gasteiger partial charge in [-0.3, -0.25) is 4.57 Å². The van der Waals surface area contributed by atoms with Crippen LogP contribution in [-0.4, -0.2) is 24.1 Å². The topological polar surface area (TPSA) is 113 Å². The van der Waals surface area contributed by atoms with Crippen molar-refractivity contribution in [2.24, 2.45) is 0 Å². The summed E-state index contributed by atoms with van der Waals surface area (Å²) in [7, 11) is -7.86. The summed E-state index contributed by atoms with van der Waals surface area (Å²) in [6.45, 7) is 1.07. The van der Waals surface area contributed by atoms with E-state index >= 15 is 0 Å². The van der Waals surface area contributed by atoms with E-state index in [2.05, 4.69) is 5.32 Å². The molecular weight excluding hydrogens is 238 g/mol. The average Bonchev–Trinajstić information content (AvgIpc) is 1.55. The molecule has 0 aliphatic rings. The molecule has 2 N–H and O–H groups in total. The van der Waals surface area contributed by atoms with Gasteiger partial charge in [0.2, 0.25) is 7.37 Å². The van der Waals surface area contributed by atoms with Crippen LogP contribution in [0.3, 0.4) is 0 Å². The summed E-state index contributed by atoms with van der Waals surface area (Å²) in [4.78, 5) is 28.5. The maximum Gasteiger partial charge on any atom is 1.00 e. The Bertz CT molecular complexity index is 190. The standard InChI is InChI=1S/C3H11NO5P2.2Na/c1-10(5,6)2-4-3-11(7,8)9;;/h4H,2-3H2,1H3,(H,5,6)(H2,7,8,9);;/q;2*+1/p-2. The monoisotopic (exact) mass is 247 g/mol. The summed E-state index contributed by atoms with van der Waals surface area (Å²) in [5, 5.41) is 2.06. The van der Waals surface area contributed by atoms with Crippen LogP contribution in [0.4, 0.5) is 0 Å². The van der Waals surface area contributed by atoms with Gasteiger partial charge in [0.25, 0.3) is 0 Å². The number of nitrogens with one attached hydrogen (secondary N) is 1. The molecule has 0 aromatic carbocycles. The first-order valence-corrected chi connectivity index (χ1v) is 6.74. The van der Waals surface area contributed by atoms with Crippen molar-refractivity contribution in [2.75, 3.05) is 19.2 Å². The Kier molecular flexibility index (Phi) is 13.4. The average molecular weight is 247 g/mol. The number of rotatable bonds is 4. The second-order valence-electron chi connectivity index (χ2n) is 2.23. The van der Waals surface area contributed by atoms with Crippen LogP contribution in [0.5, 0.6) is 0 Å². The van der Waals surface area contributed by atoms with Crippen molar-refractivity contribution in [2.45, 2.75) is 0 Å². The van der Waals surface area contributed by atoms with E-state index in [1.807, 2.05) is 0 Å². The number of hydrogen-bond acceptors (Lipinski definition) is 5. The normalized spacial score (nSPS) is 15.1. The third-order valence-corrected chi connectivity index (χ3v) is 2.13. The van der Waals surface area contributed by atoms with Crippen LogP contribution in [0, 0.1) is 0 Å². The van der Waals surface area contributed by atoms with E-state index in [4.69, 9.17) is 4.89 Å². The molecule has 1 atom stereocenters. The first kappa shape index (κ1) is 20.7. The van der Waals surface area contributed by atoms with Crippen LogP contribution in [-0.2, 0) is 9.13 Å². The molecule has 0 saturated heterocycles. The summed E-state index contributed by atoms with van der Waals surface area (Å²) < 4.78 is 20.5. The van der Waals surface area contributed by atoms with Crippen LogP contribution in [0.15, 0.2) is 0 Å². The molecule has 0 aliphatic heterocycles. The zero-order chi connectivity index (χ0) is 9.12. The molecule has 0 amide bonds. The third kappa shape index (κ3) is 20.4. The first-order valence-electron chi connectivity index (χ1n) is 2.72. The van der Waals surface area contributed by atoms with E-state index in [0.29, 0.717) is 0 Å². The molecule has 0 saturated carbocycles. The van der Waals surface area contributed by atoms with Crippen molar-refractivity contribution >= 4 is 15.0 Å². The predicted octanol–water partition coefficient (Wildman–Crippen LogP) is -7.69. The molecule has 0 radical (unpaired) electrons. The van der Waals surface area contributed by atoms with Gasteiger partial charge in [0.1, 0.15) is 0 Å². The third-order valence-electron chi connectivity index (χ3n) is 0.711. The number of hydrogen-bond donors (Lipinski definition) is 2. The molecule has 6 nitrogen and oxygen atoms in total. The van der Waals surface area contributed by atoms with Crippen molar-refractivity contribution in [1.29, 1.82) is 0 Å². The fraction of sp³-hybridized carbons (Fsp3) is 1.00. The van der Waals surface area contributed by atoms with Crippen LogP contribution < -0.4 is 74.2 Å². The molecule has 10 heteroatoms. The van der Waals surface area contributed by atoms with Gasteiger partial charge in [-0.15, -0.1) is 0 Å². The van der Waals surface area contributed by atoms with Crippen LogP contribution in [0.1, 0.15) is 0 Å². The van der Waals surface area contributed by atoms with E-state index < -0.39 is 21.3 Å². The molecule has 0 aromatic heterocycles. The van der Waals surface area contributed by atoms with Crippen molar-refractivity contribution in [3.63, 3.8) is 0 Å². The molecule has 68 valence electrons. The van der Waals surface area contributed by atoms with Crippen molar-refractivity contribution in [3.05, 3.63) is 0 Å². The van der Waals surface area contributed by atoms with Gasteiger partial charge in [-0.1, -0.05) is 7.60 Å². The van der Waals surface area contributed by atoms with E-state index in [1.165, 1.54) is 0 Å². The van der Waals surface area contributed by atoms with Crippen LogP contribution >= 0.6 is 15.0 Å². The molecule has 0 heterocycles. The first-order chi connectivity index (χ1) is 4.71. The second kappa shape index (κ2) is 8.45. The van der Waals surface area contributed by atoms with Crippen LogP contribution in [0.2, 0.25) is 0 Å². The maximum absolute atomic E-state index is 10.5. The Morgan fingerprint density at radius 2 is 1.62 bits per heavy atom. The minimum atomic E-state index is -4.60. The molecule has 0 bridgehead atoms. The maximum atomic E-state index is 10.5. The summed E-state index contributed by atoms with van der Waals surface area (Å²) >= 11 is 0. The van der Waals surface area contributed by atoms with Crippen molar-refractivity contribution < 1.29 is 82.9 Å². The molecule has 0 aromatic rings. The van der Waals surface area contributed by atoms with Gasteiger partial charge in [0.05, 0.1) is 6.29 Å². The van der Waals surface area contributed by atoms with Gasteiger partial charge in [0.15, 0.2) is 0 Å². The Morgan fingerprint density at radius 3 is 1.85 bits per heavy atom. The van der Waals surface area contributed by atoms with Gasteiger partial charge in [-0.05, 0) is 0 Å². The second-order valence-corrected chi connectivity index (χ2v) is 6.18. The molecule has 0 spiro atoms. The quantitative estimate of drug-likeness (QED) is 0.377. The Labute approximate surface area is 121 Å². The van der Waals surface area contributed by atoms with E-state index in [1.54, 1.807) is 0 Å². The van der Waals surface area contributed by atoms with Gasteiger partial charge < -0.3 is 24.6 Å². The molecule has 0 fully saturated rings. The Hall–Kier alpha value is 2.30. The van der Waals surface area contributed by atoms with Crippen molar-refractivity contribution in [1.82, 2.24) is 5.32 Å². The van der Waals surface area contributed by atoms with E-state index in [-0.39, 0.29) is 65.4 Å². The fourth-order valence-electron chi connectivity index (χ4n) is 0.394. The van der Waals surface area contributed by atoms with Gasteiger partial charge in [-0.25, -0.2) is 0 Å². The summed E-state index contributed by atoms with van der Waals surface area (Å²) in [6, 6.07) is 0. The molecule has 0 rings (SSSR count). The summed E-state index contributed by atoms with van der Waals surface area (Å²) in [5.74, 6) is 0. The van der Waals surface area contributed by atoms with E-state index in [9.17, 15) is 18.9 Å². The largest absolute Gasteiger partial charge is 1.00 e. The molecule has 1 unspecified atom stereocenters. The Balaban J connectivity index is -0.000000500. The SMILES string of the molecule is CP(=O)(O)CNCP(=O)([O-])[O-].[Na+].[Na+]. The molecule has 0 aliphatic carbocycles. The van der Waals surface area contributed by atoms with E-state index in [0.717, 1.165) is 6.66 Å². The predicted molar refractivity (Wildman–Crippen MR) is 36.2 cm³/mol. The smallest absolute Gasteiger partial charge is 0.810 e. The minimum absolute atomic E-state index is 0. The van der Waals surface area contributed by atoms with Gasteiger partial charge in [0, 0.05) is 13.0 Å². The summed E-state index contributed by atoms with van der Waals surface area (Å²) in [6.07, 6.45) is -1.15. The van der Waals surface area contributed by atoms with Gasteiger partial charge >= 0.3 is 59.1 Å². The zero-order valence-corrected chi connectivity index (χ0v) is 13.7. The van der Waals surface area contributed by atoms with Crippen LogP contribution in [0.25, 0.3) is 0 Å². The fourth-order valence-corrected chi connectivity index (χ4v) is 1.48. The molecule has 13 heavy (non-hydrogen) atoms. The van der Waals surface area contributed by atoms with Crippen molar-refractivity contribution in [3.8, 4) is 0 Å². The minimum Gasteiger partial charge on any atom is -0.810 e. The Morgan fingerprint density at radius 1 is 1.23 bits per heavy atom. The zero-order valence-electron chi connectivity index (χ0n) is 7.89.